The van der Waals surface area contributed by atoms with Gasteiger partial charge in [0.05, 0.1) is 27.4 Å². The van der Waals surface area contributed by atoms with Crippen molar-refractivity contribution in [1.29, 1.82) is 0 Å². The van der Waals surface area contributed by atoms with Gasteiger partial charge in [-0.3, -0.25) is 0 Å². The SMILES string of the molecule is CC(C)Oc1ccc(C(=O)O)c2sc(C(=O)O)c(N)c12. The van der Waals surface area contributed by atoms with E-state index in [-0.39, 0.29) is 22.2 Å². The molecule has 0 atom stereocenters. The Morgan fingerprint density at radius 3 is 2.40 bits per heavy atom. The molecule has 4 N–H and O–H groups in total. The molecular weight excluding hydrogens is 282 g/mol. The Kier molecular flexibility index (Phi) is 3.54. The summed E-state index contributed by atoms with van der Waals surface area (Å²) in [6.07, 6.45) is -0.138. The lowest BCUT2D eigenvalue weighted by atomic mass is 10.1. The van der Waals surface area contributed by atoms with Crippen LogP contribution < -0.4 is 10.5 Å². The normalized spacial score (nSPS) is 10.9. The molecule has 0 unspecified atom stereocenters. The maximum atomic E-state index is 11.2. The Morgan fingerprint density at radius 2 is 1.90 bits per heavy atom. The van der Waals surface area contributed by atoms with Crippen LogP contribution in [0.3, 0.4) is 0 Å². The number of hydrogen-bond donors (Lipinski definition) is 3. The number of carbonyl (C=O) groups is 2. The second-order valence-electron chi connectivity index (χ2n) is 4.44. The molecule has 0 saturated heterocycles. The summed E-state index contributed by atoms with van der Waals surface area (Å²) in [5.74, 6) is -1.93. The van der Waals surface area contributed by atoms with Crippen LogP contribution in [0.4, 0.5) is 5.69 Å². The van der Waals surface area contributed by atoms with Crippen molar-refractivity contribution in [3.05, 3.63) is 22.6 Å². The fourth-order valence-corrected chi connectivity index (χ4v) is 2.96. The third-order valence-corrected chi connectivity index (χ3v) is 3.85. The number of anilines is 1. The molecule has 7 heteroatoms. The maximum absolute atomic E-state index is 11.2. The topological polar surface area (TPSA) is 110 Å². The highest BCUT2D eigenvalue weighted by molar-refractivity contribution is 7.22. The fourth-order valence-electron chi connectivity index (χ4n) is 1.88. The third kappa shape index (κ3) is 2.27. The van der Waals surface area contributed by atoms with Crippen LogP contribution in [0.5, 0.6) is 5.75 Å². The van der Waals surface area contributed by atoms with Crippen molar-refractivity contribution in [2.45, 2.75) is 20.0 Å². The van der Waals surface area contributed by atoms with Crippen molar-refractivity contribution in [2.24, 2.45) is 0 Å². The minimum absolute atomic E-state index is 0.0142. The molecule has 0 saturated carbocycles. The number of rotatable bonds is 4. The quantitative estimate of drug-likeness (QED) is 0.800. The van der Waals surface area contributed by atoms with Gasteiger partial charge in [0.1, 0.15) is 10.6 Å². The van der Waals surface area contributed by atoms with Crippen molar-refractivity contribution >= 4 is 39.0 Å². The number of benzene rings is 1. The Balaban J connectivity index is 2.82. The lowest BCUT2D eigenvalue weighted by molar-refractivity contribution is 0.0689. The van der Waals surface area contributed by atoms with E-state index in [1.54, 1.807) is 0 Å². The lowest BCUT2D eigenvalue weighted by Gasteiger charge is -2.12. The summed E-state index contributed by atoms with van der Waals surface area (Å²) in [7, 11) is 0. The fraction of sp³-hybridized carbons (Fsp3) is 0.231. The number of ether oxygens (including phenoxy) is 1. The van der Waals surface area contributed by atoms with Crippen LogP contribution in [-0.2, 0) is 0 Å². The van der Waals surface area contributed by atoms with Crippen LogP contribution in [-0.4, -0.2) is 28.3 Å². The molecule has 0 aliphatic rings. The molecule has 0 amide bonds. The summed E-state index contributed by atoms with van der Waals surface area (Å²) in [6, 6.07) is 2.89. The van der Waals surface area contributed by atoms with E-state index in [4.69, 9.17) is 15.6 Å². The predicted octanol–water partition coefficient (Wildman–Crippen LogP) is 2.67. The first-order valence-electron chi connectivity index (χ1n) is 5.81. The predicted molar refractivity (Wildman–Crippen MR) is 75.9 cm³/mol. The molecule has 0 aliphatic carbocycles. The Labute approximate surface area is 118 Å². The van der Waals surface area contributed by atoms with Gasteiger partial charge in [-0.1, -0.05) is 0 Å². The van der Waals surface area contributed by atoms with Crippen LogP contribution in [0.15, 0.2) is 12.1 Å². The number of carboxylic acids is 2. The van der Waals surface area contributed by atoms with Crippen LogP contribution in [0.1, 0.15) is 33.9 Å². The summed E-state index contributed by atoms with van der Waals surface area (Å²) in [5.41, 5.74) is 5.89. The van der Waals surface area contributed by atoms with E-state index in [1.807, 2.05) is 13.8 Å². The molecule has 0 radical (unpaired) electrons. The zero-order valence-electron chi connectivity index (χ0n) is 10.8. The number of aromatic carboxylic acids is 2. The molecule has 2 aromatic rings. The number of nitrogen functional groups attached to an aromatic ring is 1. The zero-order valence-corrected chi connectivity index (χ0v) is 11.7. The summed E-state index contributed by atoms with van der Waals surface area (Å²) in [4.78, 5) is 22.3. The Bertz CT molecular complexity index is 704. The van der Waals surface area contributed by atoms with Crippen LogP contribution in [0, 0.1) is 0 Å². The monoisotopic (exact) mass is 295 g/mol. The van der Waals surface area contributed by atoms with E-state index >= 15 is 0 Å². The minimum Gasteiger partial charge on any atom is -0.490 e. The van der Waals surface area contributed by atoms with E-state index in [9.17, 15) is 14.7 Å². The van der Waals surface area contributed by atoms with Gasteiger partial charge in [-0.2, -0.15) is 0 Å². The van der Waals surface area contributed by atoms with Crippen molar-refractivity contribution in [1.82, 2.24) is 0 Å². The summed E-state index contributed by atoms with van der Waals surface area (Å²) in [6.45, 7) is 3.63. The standard InChI is InChI=1S/C13H13NO5S/c1-5(2)19-7-4-3-6(12(15)16)10-8(7)9(14)11(20-10)13(17)18/h3-5H,14H2,1-2H3,(H,15,16)(H,17,18). The molecule has 2 rings (SSSR count). The van der Waals surface area contributed by atoms with Gasteiger partial charge in [0.15, 0.2) is 0 Å². The average molecular weight is 295 g/mol. The molecule has 6 nitrogen and oxygen atoms in total. The average Bonchev–Trinajstić information content (AvgIpc) is 2.67. The van der Waals surface area contributed by atoms with E-state index < -0.39 is 11.9 Å². The van der Waals surface area contributed by atoms with E-state index in [2.05, 4.69) is 0 Å². The van der Waals surface area contributed by atoms with Crippen LogP contribution in [0.25, 0.3) is 10.1 Å². The van der Waals surface area contributed by atoms with Gasteiger partial charge in [0, 0.05) is 0 Å². The molecule has 0 fully saturated rings. The molecule has 0 aliphatic heterocycles. The highest BCUT2D eigenvalue weighted by Gasteiger charge is 2.23. The second kappa shape index (κ2) is 5.01. The molecule has 1 aromatic carbocycles. The summed E-state index contributed by atoms with van der Waals surface area (Å²) < 4.78 is 5.89. The summed E-state index contributed by atoms with van der Waals surface area (Å²) in [5, 5.41) is 18.6. The van der Waals surface area contributed by atoms with Gasteiger partial charge in [0.2, 0.25) is 0 Å². The highest BCUT2D eigenvalue weighted by Crippen LogP contribution is 2.41. The van der Waals surface area contributed by atoms with Crippen molar-refractivity contribution in [3.63, 3.8) is 0 Å². The van der Waals surface area contributed by atoms with Gasteiger partial charge >= 0.3 is 11.9 Å². The van der Waals surface area contributed by atoms with E-state index in [0.29, 0.717) is 15.8 Å². The number of thiophene rings is 1. The van der Waals surface area contributed by atoms with Crippen molar-refractivity contribution in [3.8, 4) is 5.75 Å². The van der Waals surface area contributed by atoms with Crippen molar-refractivity contribution < 1.29 is 24.5 Å². The molecule has 1 heterocycles. The number of nitrogens with two attached hydrogens (primary N) is 1. The Hall–Kier alpha value is -2.28. The number of carboxylic acid groups (broad SMARTS) is 2. The highest BCUT2D eigenvalue weighted by atomic mass is 32.1. The first-order valence-corrected chi connectivity index (χ1v) is 6.62. The minimum atomic E-state index is -1.18. The van der Waals surface area contributed by atoms with E-state index in [1.165, 1.54) is 12.1 Å². The van der Waals surface area contributed by atoms with Crippen molar-refractivity contribution in [2.75, 3.05) is 5.73 Å². The largest absolute Gasteiger partial charge is 0.490 e. The molecule has 106 valence electrons. The zero-order chi connectivity index (χ0) is 15.0. The van der Waals surface area contributed by atoms with E-state index in [0.717, 1.165) is 11.3 Å². The molecular formula is C13H13NO5S. The second-order valence-corrected chi connectivity index (χ2v) is 5.46. The molecule has 0 bridgehead atoms. The molecule has 1 aromatic heterocycles. The van der Waals surface area contributed by atoms with Gasteiger partial charge in [-0.15, -0.1) is 11.3 Å². The van der Waals surface area contributed by atoms with Gasteiger partial charge in [-0.25, -0.2) is 9.59 Å². The Morgan fingerprint density at radius 1 is 1.25 bits per heavy atom. The molecule has 0 spiro atoms. The van der Waals surface area contributed by atoms with Crippen LogP contribution in [0.2, 0.25) is 0 Å². The van der Waals surface area contributed by atoms with Gasteiger partial charge in [-0.05, 0) is 26.0 Å². The first kappa shape index (κ1) is 14.1. The lowest BCUT2D eigenvalue weighted by Crippen LogP contribution is -2.07. The van der Waals surface area contributed by atoms with Crippen LogP contribution >= 0.6 is 11.3 Å². The number of fused-ring (bicyclic) bond motifs is 1. The third-order valence-electron chi connectivity index (χ3n) is 2.62. The summed E-state index contributed by atoms with van der Waals surface area (Å²) >= 11 is 0.843. The first-order chi connectivity index (χ1) is 9.32. The smallest absolute Gasteiger partial charge is 0.348 e. The van der Waals surface area contributed by atoms with Gasteiger partial charge < -0.3 is 20.7 Å². The number of hydrogen-bond acceptors (Lipinski definition) is 5. The van der Waals surface area contributed by atoms with Gasteiger partial charge in [0.25, 0.3) is 0 Å². The maximum Gasteiger partial charge on any atom is 0.348 e. The molecule has 20 heavy (non-hydrogen) atoms.